The molecular formula is C16H21BO2. The van der Waals surface area contributed by atoms with Crippen LogP contribution in [-0.4, -0.2) is 18.3 Å². The zero-order chi connectivity index (χ0) is 13.8. The first-order valence-corrected chi connectivity index (χ1v) is 6.96. The Hall–Kier alpha value is -1.06. The zero-order valence-corrected chi connectivity index (χ0v) is 12.4. The molecule has 1 aromatic rings. The Labute approximate surface area is 115 Å². The fourth-order valence-electron chi connectivity index (χ4n) is 2.76. The maximum atomic E-state index is 6.17. The molecule has 2 aliphatic rings. The quantitative estimate of drug-likeness (QED) is 0.719. The van der Waals surface area contributed by atoms with Gasteiger partial charge in [-0.05, 0) is 63.2 Å². The standard InChI is InChI=1S/C16H21BO2/c1-11-9-10-13-12(11)7-6-8-14(13)17-18-15(2,3)16(4,5)19-17/h6-9H,10H2,1-5H3. The summed E-state index contributed by atoms with van der Waals surface area (Å²) in [6.07, 6.45) is 3.26. The number of hydrogen-bond donors (Lipinski definition) is 0. The van der Waals surface area contributed by atoms with Crippen molar-refractivity contribution in [3.8, 4) is 0 Å². The molecule has 3 rings (SSSR count). The fourth-order valence-corrected chi connectivity index (χ4v) is 2.76. The maximum Gasteiger partial charge on any atom is 0.495 e. The van der Waals surface area contributed by atoms with Crippen LogP contribution in [0.1, 0.15) is 45.7 Å². The first-order chi connectivity index (χ1) is 8.82. The lowest BCUT2D eigenvalue weighted by molar-refractivity contribution is 0.00578. The van der Waals surface area contributed by atoms with Crippen LogP contribution in [0.15, 0.2) is 24.3 Å². The minimum atomic E-state index is -0.276. The van der Waals surface area contributed by atoms with Crippen LogP contribution in [0.25, 0.3) is 5.57 Å². The van der Waals surface area contributed by atoms with Gasteiger partial charge in [0.1, 0.15) is 0 Å². The van der Waals surface area contributed by atoms with Gasteiger partial charge >= 0.3 is 7.12 Å². The molecule has 19 heavy (non-hydrogen) atoms. The molecular weight excluding hydrogens is 235 g/mol. The molecule has 0 unspecified atom stereocenters. The Bertz CT molecular complexity index is 542. The molecule has 0 radical (unpaired) electrons. The topological polar surface area (TPSA) is 18.5 Å². The van der Waals surface area contributed by atoms with Crippen LogP contribution < -0.4 is 5.46 Å². The summed E-state index contributed by atoms with van der Waals surface area (Å²) in [6.45, 7) is 10.6. The third kappa shape index (κ3) is 1.87. The summed E-state index contributed by atoms with van der Waals surface area (Å²) < 4.78 is 12.3. The monoisotopic (exact) mass is 256 g/mol. The average Bonchev–Trinajstić information content (AvgIpc) is 2.78. The molecule has 2 nitrogen and oxygen atoms in total. The second-order valence-corrected chi connectivity index (χ2v) is 6.55. The van der Waals surface area contributed by atoms with E-state index < -0.39 is 0 Å². The molecule has 0 bridgehead atoms. The van der Waals surface area contributed by atoms with Crippen molar-refractivity contribution in [2.24, 2.45) is 0 Å². The van der Waals surface area contributed by atoms with Crippen LogP contribution in [-0.2, 0) is 15.7 Å². The summed E-state index contributed by atoms with van der Waals surface area (Å²) in [5.74, 6) is 0. The van der Waals surface area contributed by atoms with E-state index in [1.165, 1.54) is 22.2 Å². The number of benzene rings is 1. The Kier molecular flexibility index (Phi) is 2.71. The summed E-state index contributed by atoms with van der Waals surface area (Å²) in [4.78, 5) is 0. The first kappa shape index (κ1) is 13.0. The summed E-state index contributed by atoms with van der Waals surface area (Å²) in [7, 11) is -0.251. The Morgan fingerprint density at radius 3 is 2.32 bits per heavy atom. The number of hydrogen-bond acceptors (Lipinski definition) is 2. The van der Waals surface area contributed by atoms with Gasteiger partial charge in [-0.1, -0.05) is 24.3 Å². The molecule has 1 fully saturated rings. The first-order valence-electron chi connectivity index (χ1n) is 6.96. The third-order valence-electron chi connectivity index (χ3n) is 4.76. The van der Waals surface area contributed by atoms with Crippen molar-refractivity contribution in [1.82, 2.24) is 0 Å². The summed E-state index contributed by atoms with van der Waals surface area (Å²) in [5.41, 5.74) is 4.69. The van der Waals surface area contributed by atoms with Crippen molar-refractivity contribution < 1.29 is 9.31 Å². The fraction of sp³-hybridized carbons (Fsp3) is 0.500. The van der Waals surface area contributed by atoms with Gasteiger partial charge in [-0.25, -0.2) is 0 Å². The van der Waals surface area contributed by atoms with Gasteiger partial charge in [-0.2, -0.15) is 0 Å². The van der Waals surface area contributed by atoms with Crippen molar-refractivity contribution in [3.63, 3.8) is 0 Å². The molecule has 1 aromatic carbocycles. The molecule has 0 amide bonds. The Morgan fingerprint density at radius 2 is 1.68 bits per heavy atom. The molecule has 1 heterocycles. The third-order valence-corrected chi connectivity index (χ3v) is 4.76. The number of fused-ring (bicyclic) bond motifs is 1. The van der Waals surface area contributed by atoms with Crippen LogP contribution >= 0.6 is 0 Å². The SMILES string of the molecule is CC1=CCc2c(B3OC(C)(C)C(C)(C)O3)cccc21. The van der Waals surface area contributed by atoms with Crippen LogP contribution in [0, 0.1) is 0 Å². The minimum absolute atomic E-state index is 0.251. The van der Waals surface area contributed by atoms with E-state index in [2.05, 4.69) is 58.9 Å². The lowest BCUT2D eigenvalue weighted by Gasteiger charge is -2.32. The molecule has 0 atom stereocenters. The van der Waals surface area contributed by atoms with E-state index in [0.29, 0.717) is 0 Å². The minimum Gasteiger partial charge on any atom is -0.399 e. The van der Waals surface area contributed by atoms with E-state index in [9.17, 15) is 0 Å². The second kappa shape index (κ2) is 3.97. The van der Waals surface area contributed by atoms with E-state index in [0.717, 1.165) is 6.42 Å². The Balaban J connectivity index is 1.99. The average molecular weight is 256 g/mol. The van der Waals surface area contributed by atoms with Gasteiger partial charge in [0.05, 0.1) is 11.2 Å². The number of rotatable bonds is 1. The van der Waals surface area contributed by atoms with Crippen molar-refractivity contribution in [3.05, 3.63) is 35.4 Å². The molecule has 100 valence electrons. The van der Waals surface area contributed by atoms with Gasteiger partial charge in [0.2, 0.25) is 0 Å². The molecule has 0 aromatic heterocycles. The van der Waals surface area contributed by atoms with Gasteiger partial charge in [0.15, 0.2) is 0 Å². The highest BCUT2D eigenvalue weighted by molar-refractivity contribution is 6.62. The zero-order valence-electron chi connectivity index (χ0n) is 12.4. The smallest absolute Gasteiger partial charge is 0.399 e. The van der Waals surface area contributed by atoms with E-state index in [-0.39, 0.29) is 18.3 Å². The summed E-state index contributed by atoms with van der Waals surface area (Å²) in [6, 6.07) is 6.41. The van der Waals surface area contributed by atoms with Gasteiger partial charge < -0.3 is 9.31 Å². The van der Waals surface area contributed by atoms with Crippen LogP contribution in [0.4, 0.5) is 0 Å². The highest BCUT2D eigenvalue weighted by Crippen LogP contribution is 2.37. The van der Waals surface area contributed by atoms with Gasteiger partial charge in [-0.15, -0.1) is 0 Å². The predicted octanol–water partition coefficient (Wildman–Crippen LogP) is 2.95. The van der Waals surface area contributed by atoms with Crippen molar-refractivity contribution in [2.45, 2.75) is 52.2 Å². The predicted molar refractivity (Wildman–Crippen MR) is 79.5 cm³/mol. The van der Waals surface area contributed by atoms with Crippen LogP contribution in [0.5, 0.6) is 0 Å². The molecule has 0 spiro atoms. The highest BCUT2D eigenvalue weighted by Gasteiger charge is 2.52. The van der Waals surface area contributed by atoms with Gasteiger partial charge in [0, 0.05) is 0 Å². The second-order valence-electron chi connectivity index (χ2n) is 6.55. The van der Waals surface area contributed by atoms with Crippen LogP contribution in [0.2, 0.25) is 0 Å². The summed E-state index contributed by atoms with van der Waals surface area (Å²) in [5, 5.41) is 0. The van der Waals surface area contributed by atoms with Crippen molar-refractivity contribution in [2.75, 3.05) is 0 Å². The Morgan fingerprint density at radius 1 is 1.05 bits per heavy atom. The van der Waals surface area contributed by atoms with Crippen LogP contribution in [0.3, 0.4) is 0 Å². The van der Waals surface area contributed by atoms with E-state index in [4.69, 9.17) is 9.31 Å². The highest BCUT2D eigenvalue weighted by atomic mass is 16.7. The largest absolute Gasteiger partial charge is 0.495 e. The molecule has 0 N–H and O–H groups in total. The van der Waals surface area contributed by atoms with Crippen molar-refractivity contribution in [1.29, 1.82) is 0 Å². The van der Waals surface area contributed by atoms with E-state index in [1.807, 2.05) is 0 Å². The van der Waals surface area contributed by atoms with Gasteiger partial charge in [-0.3, -0.25) is 0 Å². The summed E-state index contributed by atoms with van der Waals surface area (Å²) >= 11 is 0. The lowest BCUT2D eigenvalue weighted by Crippen LogP contribution is -2.41. The molecule has 0 saturated carbocycles. The molecule has 1 aliphatic carbocycles. The maximum absolute atomic E-state index is 6.17. The lowest BCUT2D eigenvalue weighted by atomic mass is 9.74. The normalized spacial score (nSPS) is 23.4. The van der Waals surface area contributed by atoms with E-state index >= 15 is 0 Å². The van der Waals surface area contributed by atoms with Gasteiger partial charge in [0.25, 0.3) is 0 Å². The molecule has 3 heteroatoms. The molecule has 1 saturated heterocycles. The van der Waals surface area contributed by atoms with E-state index in [1.54, 1.807) is 0 Å². The molecule has 1 aliphatic heterocycles. The number of allylic oxidation sites excluding steroid dienone is 2. The van der Waals surface area contributed by atoms with Crippen molar-refractivity contribution >= 4 is 18.2 Å².